The first kappa shape index (κ1) is 14.0. The molecule has 0 unspecified atom stereocenters. The summed E-state index contributed by atoms with van der Waals surface area (Å²) in [4.78, 5) is 14.4. The highest BCUT2D eigenvalue weighted by Crippen LogP contribution is 2.30. The lowest BCUT2D eigenvalue weighted by atomic mass is 10.1. The minimum Gasteiger partial charge on any atom is -0.438 e. The number of nitro benzene ring substituents is 1. The van der Waals surface area contributed by atoms with Crippen molar-refractivity contribution in [3.63, 3.8) is 0 Å². The van der Waals surface area contributed by atoms with E-state index in [9.17, 15) is 15.2 Å². The van der Waals surface area contributed by atoms with Crippen molar-refractivity contribution in [2.75, 3.05) is 0 Å². The third-order valence-corrected chi connectivity index (χ3v) is 2.91. The monoisotopic (exact) mass is 274 g/mol. The molecule has 6 heteroatoms. The predicted molar refractivity (Wildman–Crippen MR) is 72.8 cm³/mol. The highest BCUT2D eigenvalue weighted by atomic mass is 16.6. The van der Waals surface area contributed by atoms with Gasteiger partial charge in [-0.05, 0) is 31.5 Å². The minimum absolute atomic E-state index is 0.00539. The van der Waals surface area contributed by atoms with Crippen LogP contribution in [0.3, 0.4) is 0 Å². The summed E-state index contributed by atoms with van der Waals surface area (Å²) in [6, 6.07) is 7.89. The number of hydrogen-bond donors (Lipinski definition) is 1. The molecule has 1 heterocycles. The van der Waals surface area contributed by atoms with Gasteiger partial charge in [-0.2, -0.15) is 0 Å². The van der Waals surface area contributed by atoms with E-state index in [1.807, 2.05) is 0 Å². The molecule has 1 N–H and O–H groups in total. The summed E-state index contributed by atoms with van der Waals surface area (Å²) in [5.74, 6) is 0.654. The summed E-state index contributed by atoms with van der Waals surface area (Å²) in [6.07, 6.45) is 0.885. The molecule has 6 nitrogen and oxygen atoms in total. The van der Waals surface area contributed by atoms with Crippen LogP contribution < -0.4 is 4.74 Å². The molecule has 20 heavy (non-hydrogen) atoms. The molecule has 1 aromatic carbocycles. The summed E-state index contributed by atoms with van der Waals surface area (Å²) >= 11 is 0. The molecule has 1 aromatic heterocycles. The Hall–Kier alpha value is -2.47. The average Bonchev–Trinajstić information content (AvgIpc) is 2.41. The van der Waals surface area contributed by atoms with Crippen LogP contribution in [0.15, 0.2) is 36.5 Å². The fraction of sp³-hybridized carbons (Fsp3) is 0.214. The van der Waals surface area contributed by atoms with Gasteiger partial charge in [0.05, 0.1) is 16.6 Å². The standard InChI is InChI=1S/C14H14N2O4/c1-9-12(16(18)19)4-3-5-13(9)20-14-8-11(10(2)17)6-7-15-14/h3-8,10,17H,1-2H3/t10-/m1/s1. The Kier molecular flexibility index (Phi) is 3.95. The van der Waals surface area contributed by atoms with Crippen LogP contribution in [0.4, 0.5) is 5.69 Å². The van der Waals surface area contributed by atoms with E-state index in [2.05, 4.69) is 4.98 Å². The molecule has 104 valence electrons. The number of aromatic nitrogens is 1. The van der Waals surface area contributed by atoms with Crippen molar-refractivity contribution >= 4 is 5.69 Å². The van der Waals surface area contributed by atoms with Gasteiger partial charge in [0.2, 0.25) is 5.88 Å². The summed E-state index contributed by atoms with van der Waals surface area (Å²) in [6.45, 7) is 3.25. The maximum absolute atomic E-state index is 10.9. The third-order valence-electron chi connectivity index (χ3n) is 2.91. The molecule has 0 aliphatic carbocycles. The van der Waals surface area contributed by atoms with Crippen LogP contribution in [-0.2, 0) is 0 Å². The van der Waals surface area contributed by atoms with Crippen molar-refractivity contribution in [1.82, 2.24) is 4.98 Å². The van der Waals surface area contributed by atoms with E-state index in [-0.39, 0.29) is 11.6 Å². The predicted octanol–water partition coefficient (Wildman–Crippen LogP) is 3.14. The number of aliphatic hydroxyl groups is 1. The Morgan fingerprint density at radius 3 is 2.80 bits per heavy atom. The van der Waals surface area contributed by atoms with Crippen LogP contribution in [0.5, 0.6) is 11.6 Å². The highest BCUT2D eigenvalue weighted by molar-refractivity contribution is 5.49. The Balaban J connectivity index is 2.33. The van der Waals surface area contributed by atoms with Crippen molar-refractivity contribution in [2.24, 2.45) is 0 Å². The lowest BCUT2D eigenvalue weighted by molar-refractivity contribution is -0.385. The van der Waals surface area contributed by atoms with E-state index < -0.39 is 11.0 Å². The van der Waals surface area contributed by atoms with Crippen LogP contribution in [0.1, 0.15) is 24.2 Å². The second-order valence-electron chi connectivity index (χ2n) is 4.36. The van der Waals surface area contributed by atoms with Gasteiger partial charge in [-0.3, -0.25) is 10.1 Å². The summed E-state index contributed by atoms with van der Waals surface area (Å²) in [5.41, 5.74) is 1.09. The number of pyridine rings is 1. The lowest BCUT2D eigenvalue weighted by Gasteiger charge is -2.10. The van der Waals surface area contributed by atoms with E-state index in [0.29, 0.717) is 16.9 Å². The Morgan fingerprint density at radius 1 is 1.40 bits per heavy atom. The van der Waals surface area contributed by atoms with Gasteiger partial charge in [-0.15, -0.1) is 0 Å². The summed E-state index contributed by atoms with van der Waals surface area (Å²) in [7, 11) is 0. The number of rotatable bonds is 4. The van der Waals surface area contributed by atoms with Crippen LogP contribution in [0.2, 0.25) is 0 Å². The van der Waals surface area contributed by atoms with Crippen molar-refractivity contribution < 1.29 is 14.8 Å². The molecule has 0 radical (unpaired) electrons. The van der Waals surface area contributed by atoms with Gasteiger partial charge in [0.15, 0.2) is 0 Å². The smallest absolute Gasteiger partial charge is 0.276 e. The molecule has 0 spiro atoms. The first-order valence-electron chi connectivity index (χ1n) is 6.05. The second kappa shape index (κ2) is 5.66. The number of benzene rings is 1. The van der Waals surface area contributed by atoms with Crippen LogP contribution in [0.25, 0.3) is 0 Å². The fourth-order valence-corrected chi connectivity index (χ4v) is 1.76. The van der Waals surface area contributed by atoms with E-state index >= 15 is 0 Å². The van der Waals surface area contributed by atoms with Gasteiger partial charge < -0.3 is 9.84 Å². The van der Waals surface area contributed by atoms with Crippen molar-refractivity contribution in [3.05, 3.63) is 57.8 Å². The highest BCUT2D eigenvalue weighted by Gasteiger charge is 2.15. The first-order chi connectivity index (χ1) is 9.49. The van der Waals surface area contributed by atoms with Crippen LogP contribution in [-0.4, -0.2) is 15.0 Å². The average molecular weight is 274 g/mol. The zero-order chi connectivity index (χ0) is 14.7. The fourth-order valence-electron chi connectivity index (χ4n) is 1.76. The van der Waals surface area contributed by atoms with Gasteiger partial charge in [0.25, 0.3) is 5.69 Å². The minimum atomic E-state index is -0.633. The van der Waals surface area contributed by atoms with Gasteiger partial charge in [0, 0.05) is 18.3 Å². The zero-order valence-corrected chi connectivity index (χ0v) is 11.1. The molecule has 0 aliphatic rings. The number of aliphatic hydroxyl groups excluding tert-OH is 1. The largest absolute Gasteiger partial charge is 0.438 e. The molecule has 1 atom stereocenters. The molecule has 0 amide bonds. The molecule has 0 aliphatic heterocycles. The zero-order valence-electron chi connectivity index (χ0n) is 11.1. The van der Waals surface area contributed by atoms with Gasteiger partial charge in [-0.1, -0.05) is 6.07 Å². The molecule has 0 fully saturated rings. The molecule has 0 bridgehead atoms. The van der Waals surface area contributed by atoms with E-state index in [0.717, 1.165) is 0 Å². The number of nitrogens with zero attached hydrogens (tertiary/aromatic N) is 2. The van der Waals surface area contributed by atoms with Gasteiger partial charge >= 0.3 is 0 Å². The molecule has 0 saturated heterocycles. The maximum atomic E-state index is 10.9. The van der Waals surface area contributed by atoms with Gasteiger partial charge in [-0.25, -0.2) is 4.98 Å². The third kappa shape index (κ3) is 2.92. The van der Waals surface area contributed by atoms with Crippen molar-refractivity contribution in [1.29, 1.82) is 0 Å². The Labute approximate surface area is 115 Å². The van der Waals surface area contributed by atoms with E-state index in [4.69, 9.17) is 4.74 Å². The SMILES string of the molecule is Cc1c(Oc2cc([C@@H](C)O)ccn2)cccc1[N+](=O)[O-]. The number of nitro groups is 1. The molecule has 0 saturated carbocycles. The van der Waals surface area contributed by atoms with Gasteiger partial charge in [0.1, 0.15) is 5.75 Å². The Bertz CT molecular complexity index is 641. The normalized spacial score (nSPS) is 11.9. The lowest BCUT2D eigenvalue weighted by Crippen LogP contribution is -1.97. The maximum Gasteiger partial charge on any atom is 0.276 e. The molecular weight excluding hydrogens is 260 g/mol. The Morgan fingerprint density at radius 2 is 2.15 bits per heavy atom. The van der Waals surface area contributed by atoms with Crippen LogP contribution in [0, 0.1) is 17.0 Å². The molecular formula is C14H14N2O4. The first-order valence-corrected chi connectivity index (χ1v) is 6.05. The van der Waals surface area contributed by atoms with E-state index in [1.54, 1.807) is 38.1 Å². The number of hydrogen-bond acceptors (Lipinski definition) is 5. The summed E-state index contributed by atoms with van der Waals surface area (Å²) < 4.78 is 5.56. The van der Waals surface area contributed by atoms with E-state index in [1.165, 1.54) is 12.3 Å². The molecule has 2 rings (SSSR count). The topological polar surface area (TPSA) is 85.5 Å². The number of ether oxygens (including phenoxy) is 1. The van der Waals surface area contributed by atoms with Crippen molar-refractivity contribution in [2.45, 2.75) is 20.0 Å². The quantitative estimate of drug-likeness (QED) is 0.683. The van der Waals surface area contributed by atoms with Crippen molar-refractivity contribution in [3.8, 4) is 11.6 Å². The molecule has 2 aromatic rings. The van der Waals surface area contributed by atoms with Crippen LogP contribution >= 0.6 is 0 Å². The second-order valence-corrected chi connectivity index (χ2v) is 4.36. The summed E-state index contributed by atoms with van der Waals surface area (Å²) in [5, 5.41) is 20.4.